The van der Waals surface area contributed by atoms with Gasteiger partial charge in [-0.15, -0.1) is 0 Å². The van der Waals surface area contributed by atoms with E-state index in [2.05, 4.69) is 135 Å². The van der Waals surface area contributed by atoms with E-state index in [1.807, 2.05) is 0 Å². The van der Waals surface area contributed by atoms with Gasteiger partial charge in [-0.1, -0.05) is 182 Å². The maximum atomic E-state index is 4.94. The van der Waals surface area contributed by atoms with E-state index in [0.717, 1.165) is 34.0 Å². The molecule has 8 aromatic carbocycles. The van der Waals surface area contributed by atoms with Crippen LogP contribution in [-0.4, -0.2) is 36.3 Å². The molecule has 0 radical (unpaired) electrons. The van der Waals surface area contributed by atoms with Crippen molar-refractivity contribution in [1.82, 2.24) is 0 Å². The number of halogens is 3. The smallest absolute Gasteiger partial charge is 1.00 e. The topological polar surface area (TPSA) is 9.23 Å². The minimum Gasteiger partial charge on any atom is -1.00 e. The maximum absolute atomic E-state index is 4.94. The maximum Gasteiger partial charge on any atom is 2.00 e. The number of rotatable bonds is 2. The van der Waals surface area contributed by atoms with Crippen molar-refractivity contribution in [3.8, 4) is 0 Å². The summed E-state index contributed by atoms with van der Waals surface area (Å²) >= 11 is 7.30. The van der Waals surface area contributed by atoms with Crippen LogP contribution in [0.5, 0.6) is 0 Å². The van der Waals surface area contributed by atoms with Crippen LogP contribution >= 0.6 is 31.9 Å². The van der Waals surface area contributed by atoms with Crippen LogP contribution in [-0.2, 0) is 4.74 Å². The van der Waals surface area contributed by atoms with E-state index in [1.54, 1.807) is 11.1 Å². The second kappa shape index (κ2) is 22.6. The third-order valence-electron chi connectivity index (χ3n) is 13.5. The molecule has 8 aromatic rings. The molecule has 4 fully saturated rings. The molecule has 0 atom stereocenters. The van der Waals surface area contributed by atoms with E-state index < -0.39 is 0 Å². The first kappa shape index (κ1) is 47.5. The second-order valence-corrected chi connectivity index (χ2v) is 18.9. The molecule has 3 aliphatic carbocycles. The van der Waals surface area contributed by atoms with Crippen LogP contribution in [0.4, 0.5) is 0 Å². The van der Waals surface area contributed by atoms with E-state index in [1.165, 1.54) is 174 Å². The van der Waals surface area contributed by atoms with Gasteiger partial charge < -0.3 is 28.1 Å². The van der Waals surface area contributed by atoms with E-state index in [0.29, 0.717) is 0 Å². The molecule has 310 valence electrons. The van der Waals surface area contributed by atoms with Crippen LogP contribution in [0.25, 0.3) is 64.6 Å². The summed E-state index contributed by atoms with van der Waals surface area (Å²) in [6.45, 7) is 2.00. The molecule has 0 N–H and O–H groups in total. The third-order valence-corrected chi connectivity index (χ3v) is 14.9. The van der Waals surface area contributed by atoms with Crippen LogP contribution in [0.15, 0.2) is 106 Å². The van der Waals surface area contributed by atoms with Gasteiger partial charge in [0.1, 0.15) is 0 Å². The Hall–Kier alpha value is -1.99. The molecular formula is C55H61Br3MgO. The Bertz CT molecular complexity index is 2370. The van der Waals surface area contributed by atoms with Gasteiger partial charge >= 0.3 is 23.1 Å². The largest absolute Gasteiger partial charge is 2.00 e. The van der Waals surface area contributed by atoms with Crippen molar-refractivity contribution in [2.75, 3.05) is 13.2 Å². The van der Waals surface area contributed by atoms with Crippen molar-refractivity contribution >= 4 is 120 Å². The van der Waals surface area contributed by atoms with E-state index in [-0.39, 0.29) is 47.5 Å². The Kier molecular flexibility index (Phi) is 17.9. The summed E-state index contributed by atoms with van der Waals surface area (Å²) in [4.78, 5) is 0. The second-order valence-electron chi connectivity index (χ2n) is 17.2. The van der Waals surface area contributed by atoms with Gasteiger partial charge in [-0.3, -0.25) is 0 Å². The first-order valence-electron chi connectivity index (χ1n) is 22.3. The summed E-state index contributed by atoms with van der Waals surface area (Å²) in [5.41, 5.74) is 3.23. The summed E-state index contributed by atoms with van der Waals surface area (Å²) in [7, 11) is 0. The average molecular weight is 1000 g/mol. The van der Waals surface area contributed by atoms with Crippen LogP contribution in [0, 0.1) is 6.42 Å². The van der Waals surface area contributed by atoms with Crippen LogP contribution < -0.4 is 17.0 Å². The summed E-state index contributed by atoms with van der Waals surface area (Å²) in [5.74, 6) is 1.52. The third kappa shape index (κ3) is 10.2. The molecule has 0 bridgehead atoms. The number of hydrogen-bond acceptors (Lipinski definition) is 1. The van der Waals surface area contributed by atoms with Gasteiger partial charge in [0.2, 0.25) is 0 Å². The molecular weight excluding hydrogens is 941 g/mol. The van der Waals surface area contributed by atoms with Gasteiger partial charge in [0.05, 0.1) is 0 Å². The van der Waals surface area contributed by atoms with E-state index >= 15 is 0 Å². The minimum absolute atomic E-state index is 0. The number of hydrogen-bond donors (Lipinski definition) is 0. The van der Waals surface area contributed by atoms with Gasteiger partial charge in [0, 0.05) is 22.2 Å². The van der Waals surface area contributed by atoms with Crippen molar-refractivity contribution in [2.45, 2.75) is 128 Å². The first-order valence-corrected chi connectivity index (χ1v) is 23.9. The molecule has 4 aliphatic rings. The molecule has 60 heavy (non-hydrogen) atoms. The van der Waals surface area contributed by atoms with Crippen molar-refractivity contribution in [1.29, 1.82) is 0 Å². The zero-order valence-corrected chi connectivity index (χ0v) is 40.8. The Morgan fingerprint density at radius 1 is 0.400 bits per heavy atom. The van der Waals surface area contributed by atoms with Gasteiger partial charge in [-0.25, -0.2) is 0 Å². The molecule has 0 unspecified atom stereocenters. The van der Waals surface area contributed by atoms with Gasteiger partial charge in [-0.05, 0) is 138 Å². The quantitative estimate of drug-likeness (QED) is 0.0953. The van der Waals surface area contributed by atoms with E-state index in [9.17, 15) is 0 Å². The molecule has 1 saturated heterocycles. The number of ether oxygens (including phenoxy) is 1. The summed E-state index contributed by atoms with van der Waals surface area (Å²) in [5, 5.41) is 16.8. The summed E-state index contributed by atoms with van der Waals surface area (Å²) < 4.78 is 7.26. The van der Waals surface area contributed by atoms with E-state index in [4.69, 9.17) is 4.74 Å². The molecule has 0 spiro atoms. The fourth-order valence-electron chi connectivity index (χ4n) is 10.5. The Labute approximate surface area is 403 Å². The Morgan fingerprint density at radius 2 is 0.733 bits per heavy atom. The molecule has 1 aliphatic heterocycles. The van der Waals surface area contributed by atoms with Crippen LogP contribution in [0.3, 0.4) is 0 Å². The normalized spacial score (nSPS) is 17.2. The summed E-state index contributed by atoms with van der Waals surface area (Å²) in [6, 6.07) is 36.7. The fourth-order valence-corrected chi connectivity index (χ4v) is 11.4. The van der Waals surface area contributed by atoms with Crippen LogP contribution in [0.2, 0.25) is 0 Å². The molecule has 3 saturated carbocycles. The van der Waals surface area contributed by atoms with Gasteiger partial charge in [-0.2, -0.15) is 12.8 Å². The van der Waals surface area contributed by atoms with Gasteiger partial charge in [0.25, 0.3) is 0 Å². The SMILES string of the molecule is Brc1ccc2ccc3c(Br)ccc4ccc1c2c43.C.C1CCOC1.[Br-].[CH-]1CCCCC1.[Mg+2].c1cc2ccc3c(C4CCCCC4)ccc4ccc(c1C1CCCCC1)c2c43. The zero-order valence-electron chi connectivity index (χ0n) is 34.7. The molecule has 12 rings (SSSR count). The predicted octanol–water partition coefficient (Wildman–Crippen LogP) is 15.0. The summed E-state index contributed by atoms with van der Waals surface area (Å²) in [6.07, 6.45) is 26.0. The average Bonchev–Trinajstić information content (AvgIpc) is 3.89. The zero-order chi connectivity index (χ0) is 38.6. The van der Waals surface area contributed by atoms with Gasteiger partial charge in [0.15, 0.2) is 0 Å². The Balaban J connectivity index is 0.000000161. The molecule has 0 amide bonds. The fraction of sp³-hybridized carbons (Fsp3) is 0.400. The van der Waals surface area contributed by atoms with Crippen molar-refractivity contribution in [3.05, 3.63) is 124 Å². The number of benzene rings is 8. The molecule has 5 heteroatoms. The predicted molar refractivity (Wildman–Crippen MR) is 267 cm³/mol. The van der Waals surface area contributed by atoms with Crippen molar-refractivity contribution in [2.24, 2.45) is 0 Å². The standard InChI is InChI=1S/C28H30.C16H8Br2.C6H11.C4H8O.CH4.BrH.Mg/c1-3-7-19(8-4-1)23-15-11-21-14-18-26-24(20-9-5-2-6-10-20)16-12-22-13-17-25(23)27(21)28(22)26;17-13-8-4-10-2-6-12-14(18)7-3-9-1-5-11(13)16(10)15(9)12;1-2-4-6-5-3-1;1-2-4-5-3-1;;;/h11-20H,1-10H2;1-8H;1H,2-6H2;1-4H2;1H4;1H;/q;;-1;;;;+2/p-1. The van der Waals surface area contributed by atoms with Crippen molar-refractivity contribution in [3.63, 3.8) is 0 Å². The molecule has 1 nitrogen and oxygen atoms in total. The van der Waals surface area contributed by atoms with Crippen LogP contribution in [0.1, 0.15) is 140 Å². The minimum atomic E-state index is 0. The monoisotopic (exact) mass is 998 g/mol. The molecule has 1 heterocycles. The molecule has 0 aromatic heterocycles. The van der Waals surface area contributed by atoms with Crippen molar-refractivity contribution < 1.29 is 21.7 Å². The first-order chi connectivity index (χ1) is 28.2. The Morgan fingerprint density at radius 3 is 1.07 bits per heavy atom.